The van der Waals surface area contributed by atoms with Crippen molar-refractivity contribution >= 4 is 11.8 Å². The molecule has 1 aliphatic heterocycles. The van der Waals surface area contributed by atoms with Gasteiger partial charge in [-0.1, -0.05) is 33.1 Å². The minimum Gasteiger partial charge on any atom is -0.494 e. The van der Waals surface area contributed by atoms with Crippen molar-refractivity contribution in [3.05, 3.63) is 29.8 Å². The molecule has 1 N–H and O–H groups in total. The Morgan fingerprint density at radius 1 is 1.11 bits per heavy atom. The molecule has 0 radical (unpaired) electrons. The van der Waals surface area contributed by atoms with Crippen LogP contribution in [0.5, 0.6) is 5.75 Å². The van der Waals surface area contributed by atoms with Crippen LogP contribution in [0.4, 0.5) is 0 Å². The van der Waals surface area contributed by atoms with Crippen LogP contribution >= 0.6 is 0 Å². The maximum absolute atomic E-state index is 13.2. The predicted octanol–water partition coefficient (Wildman–Crippen LogP) is 3.88. The number of amides is 2. The summed E-state index contributed by atoms with van der Waals surface area (Å²) in [6, 6.07) is 6.58. The van der Waals surface area contributed by atoms with E-state index in [4.69, 9.17) is 4.74 Å². The van der Waals surface area contributed by atoms with E-state index < -0.39 is 6.04 Å². The average molecular weight is 387 g/mol. The summed E-state index contributed by atoms with van der Waals surface area (Å²) >= 11 is 0. The maximum atomic E-state index is 13.2. The fourth-order valence-electron chi connectivity index (χ4n) is 4.61. The molecular weight excluding hydrogens is 352 g/mol. The van der Waals surface area contributed by atoms with Crippen molar-refractivity contribution < 1.29 is 14.3 Å². The van der Waals surface area contributed by atoms with E-state index in [2.05, 4.69) is 5.32 Å². The molecule has 3 atom stereocenters. The van der Waals surface area contributed by atoms with Crippen LogP contribution < -0.4 is 10.1 Å². The lowest BCUT2D eigenvalue weighted by atomic mass is 9.75. The zero-order chi connectivity index (χ0) is 20.1. The number of likely N-dealkylation sites (tertiary alicyclic amines) is 1. The number of fused-ring (bicyclic) bond motifs is 1. The molecule has 1 aliphatic carbocycles. The zero-order valence-electron chi connectivity index (χ0n) is 17.4. The normalized spacial score (nSPS) is 23.1. The van der Waals surface area contributed by atoms with Gasteiger partial charge in [0.2, 0.25) is 5.91 Å². The molecule has 2 fully saturated rings. The largest absolute Gasteiger partial charge is 0.494 e. The average Bonchev–Trinajstić information content (AvgIpc) is 2.71. The van der Waals surface area contributed by atoms with Crippen molar-refractivity contribution in [2.45, 2.75) is 58.9 Å². The molecule has 3 rings (SSSR count). The van der Waals surface area contributed by atoms with Crippen molar-refractivity contribution in [2.24, 2.45) is 17.8 Å². The van der Waals surface area contributed by atoms with Crippen LogP contribution in [-0.4, -0.2) is 42.5 Å². The lowest BCUT2D eigenvalue weighted by Gasteiger charge is -2.42. The Morgan fingerprint density at radius 2 is 1.79 bits per heavy atom. The molecule has 1 aromatic carbocycles. The third-order valence-corrected chi connectivity index (χ3v) is 6.25. The smallest absolute Gasteiger partial charge is 0.251 e. The van der Waals surface area contributed by atoms with E-state index in [1.165, 1.54) is 25.7 Å². The van der Waals surface area contributed by atoms with Crippen LogP contribution in [0.2, 0.25) is 0 Å². The summed E-state index contributed by atoms with van der Waals surface area (Å²) in [5.74, 6) is 2.07. The van der Waals surface area contributed by atoms with Gasteiger partial charge in [0.1, 0.15) is 11.8 Å². The van der Waals surface area contributed by atoms with Gasteiger partial charge >= 0.3 is 0 Å². The summed E-state index contributed by atoms with van der Waals surface area (Å²) in [6.07, 6.45) is 6.27. The summed E-state index contributed by atoms with van der Waals surface area (Å²) < 4.78 is 5.43. The molecule has 154 valence electrons. The molecule has 1 saturated carbocycles. The first-order chi connectivity index (χ1) is 13.5. The van der Waals surface area contributed by atoms with E-state index in [0.717, 1.165) is 31.2 Å². The van der Waals surface area contributed by atoms with E-state index in [9.17, 15) is 9.59 Å². The summed E-state index contributed by atoms with van der Waals surface area (Å²) in [4.78, 5) is 27.9. The minimum absolute atomic E-state index is 0.0447. The number of hydrogen-bond donors (Lipinski definition) is 1. The van der Waals surface area contributed by atoms with Crippen LogP contribution in [-0.2, 0) is 4.79 Å². The standard InChI is InChI=1S/C23H34N2O3/c1-4-28-20-11-9-18(10-12-20)22(26)24-21(16(2)3)23(27)25-14-13-17-7-5-6-8-19(17)15-25/h9-12,16-17,19,21H,4-8,13-15H2,1-3H3,(H,24,26)/t17-,19-,21-/m0/s1. The van der Waals surface area contributed by atoms with Gasteiger partial charge in [0.25, 0.3) is 5.91 Å². The topological polar surface area (TPSA) is 58.6 Å². The number of hydrogen-bond acceptors (Lipinski definition) is 3. The van der Waals surface area contributed by atoms with Gasteiger partial charge in [0, 0.05) is 18.7 Å². The highest BCUT2D eigenvalue weighted by atomic mass is 16.5. The van der Waals surface area contributed by atoms with Gasteiger partial charge in [-0.15, -0.1) is 0 Å². The summed E-state index contributed by atoms with van der Waals surface area (Å²) in [7, 11) is 0. The first-order valence-corrected chi connectivity index (χ1v) is 10.8. The van der Waals surface area contributed by atoms with Crippen molar-refractivity contribution in [2.75, 3.05) is 19.7 Å². The molecule has 0 aromatic heterocycles. The van der Waals surface area contributed by atoms with Gasteiger partial charge in [0.15, 0.2) is 0 Å². The van der Waals surface area contributed by atoms with E-state index in [1.54, 1.807) is 24.3 Å². The van der Waals surface area contributed by atoms with Crippen molar-refractivity contribution in [1.82, 2.24) is 10.2 Å². The van der Waals surface area contributed by atoms with E-state index in [-0.39, 0.29) is 17.7 Å². The Balaban J connectivity index is 1.63. The van der Waals surface area contributed by atoms with Crippen LogP contribution in [0.15, 0.2) is 24.3 Å². The molecular formula is C23H34N2O3. The Morgan fingerprint density at radius 3 is 2.43 bits per heavy atom. The molecule has 2 aliphatic rings. The monoisotopic (exact) mass is 386 g/mol. The third-order valence-electron chi connectivity index (χ3n) is 6.25. The number of rotatable bonds is 6. The number of nitrogens with one attached hydrogen (secondary N) is 1. The summed E-state index contributed by atoms with van der Waals surface area (Å²) in [5, 5.41) is 2.98. The number of benzene rings is 1. The predicted molar refractivity (Wildman–Crippen MR) is 110 cm³/mol. The SMILES string of the molecule is CCOc1ccc(C(=O)N[C@H](C(=O)N2CC[C@@H]3CCCC[C@H]3C2)C(C)C)cc1. The van der Waals surface area contributed by atoms with Crippen molar-refractivity contribution in [3.63, 3.8) is 0 Å². The van der Waals surface area contributed by atoms with Gasteiger partial charge in [-0.25, -0.2) is 0 Å². The third kappa shape index (κ3) is 4.86. The van der Waals surface area contributed by atoms with Crippen LogP contribution in [0.1, 0.15) is 63.2 Å². The van der Waals surface area contributed by atoms with E-state index in [0.29, 0.717) is 18.1 Å². The van der Waals surface area contributed by atoms with Crippen LogP contribution in [0, 0.1) is 17.8 Å². The Bertz CT molecular complexity index is 671. The molecule has 5 heteroatoms. The molecule has 0 spiro atoms. The number of nitrogens with zero attached hydrogens (tertiary/aromatic N) is 1. The zero-order valence-corrected chi connectivity index (χ0v) is 17.4. The van der Waals surface area contributed by atoms with E-state index in [1.807, 2.05) is 25.7 Å². The Kier molecular flexibility index (Phi) is 6.97. The van der Waals surface area contributed by atoms with Gasteiger partial charge in [-0.05, 0) is 61.8 Å². The fraction of sp³-hybridized carbons (Fsp3) is 0.652. The maximum Gasteiger partial charge on any atom is 0.251 e. The highest BCUT2D eigenvalue weighted by Gasteiger charge is 2.36. The van der Waals surface area contributed by atoms with Crippen LogP contribution in [0.3, 0.4) is 0 Å². The molecule has 0 bridgehead atoms. The van der Waals surface area contributed by atoms with Crippen molar-refractivity contribution in [1.29, 1.82) is 0 Å². The number of carbonyl (C=O) groups is 2. The van der Waals surface area contributed by atoms with Crippen molar-refractivity contribution in [3.8, 4) is 5.75 Å². The first-order valence-electron chi connectivity index (χ1n) is 10.8. The Hall–Kier alpha value is -2.04. The molecule has 0 unspecified atom stereocenters. The lowest BCUT2D eigenvalue weighted by Crippen LogP contribution is -2.54. The highest BCUT2D eigenvalue weighted by molar-refractivity contribution is 5.97. The molecule has 5 nitrogen and oxygen atoms in total. The molecule has 1 saturated heterocycles. The molecule has 1 heterocycles. The van der Waals surface area contributed by atoms with Gasteiger partial charge < -0.3 is 15.0 Å². The highest BCUT2D eigenvalue weighted by Crippen LogP contribution is 2.36. The van der Waals surface area contributed by atoms with Gasteiger partial charge in [-0.2, -0.15) is 0 Å². The Labute approximate surface area is 168 Å². The van der Waals surface area contributed by atoms with Gasteiger partial charge in [0.05, 0.1) is 6.61 Å². The molecule has 1 aromatic rings. The second-order valence-electron chi connectivity index (χ2n) is 8.53. The first kappa shape index (κ1) is 20.7. The fourth-order valence-corrected chi connectivity index (χ4v) is 4.61. The number of ether oxygens (including phenoxy) is 1. The van der Waals surface area contributed by atoms with E-state index >= 15 is 0 Å². The number of carbonyl (C=O) groups excluding carboxylic acids is 2. The molecule has 28 heavy (non-hydrogen) atoms. The minimum atomic E-state index is -0.487. The quantitative estimate of drug-likeness (QED) is 0.807. The second kappa shape index (κ2) is 9.44. The number of piperidine rings is 1. The molecule has 2 amide bonds. The second-order valence-corrected chi connectivity index (χ2v) is 8.53. The lowest BCUT2D eigenvalue weighted by molar-refractivity contribution is -0.137. The van der Waals surface area contributed by atoms with Crippen LogP contribution in [0.25, 0.3) is 0 Å². The van der Waals surface area contributed by atoms with Gasteiger partial charge in [-0.3, -0.25) is 9.59 Å². The summed E-state index contributed by atoms with van der Waals surface area (Å²) in [6.45, 7) is 8.18. The summed E-state index contributed by atoms with van der Waals surface area (Å²) in [5.41, 5.74) is 0.549.